The van der Waals surface area contributed by atoms with Gasteiger partial charge in [0.2, 0.25) is 5.95 Å². The van der Waals surface area contributed by atoms with E-state index in [9.17, 15) is 0 Å². The molecule has 1 aromatic heterocycles. The van der Waals surface area contributed by atoms with Gasteiger partial charge in [-0.15, -0.1) is 0 Å². The zero-order valence-corrected chi connectivity index (χ0v) is 17.8. The zero-order chi connectivity index (χ0) is 20.2. The van der Waals surface area contributed by atoms with Crippen molar-refractivity contribution in [1.82, 2.24) is 9.97 Å². The Labute approximate surface area is 177 Å². The average Bonchev–Trinajstić information content (AvgIpc) is 2.72. The Bertz CT molecular complexity index is 958. The number of hydrogen-bond donors (Lipinski definition) is 2. The van der Waals surface area contributed by atoms with Gasteiger partial charge in [-0.3, -0.25) is 0 Å². The highest BCUT2D eigenvalue weighted by atomic mass is 35.5. The molecular formula is C24H27ClN4. The monoisotopic (exact) mass is 406 g/mol. The number of nitrogens with zero attached hydrogens (tertiary/aromatic N) is 2. The normalized spacial score (nSPS) is 14.6. The molecule has 2 aromatic carbocycles. The Morgan fingerprint density at radius 3 is 2.28 bits per heavy atom. The van der Waals surface area contributed by atoms with Crippen molar-refractivity contribution in [3.63, 3.8) is 0 Å². The molecule has 150 valence electrons. The molecule has 29 heavy (non-hydrogen) atoms. The highest BCUT2D eigenvalue weighted by molar-refractivity contribution is 6.30. The number of aromatic nitrogens is 2. The van der Waals surface area contributed by atoms with E-state index in [1.165, 1.54) is 32.1 Å². The van der Waals surface area contributed by atoms with Crippen LogP contribution in [0.2, 0.25) is 5.02 Å². The van der Waals surface area contributed by atoms with Crippen molar-refractivity contribution in [2.75, 3.05) is 10.6 Å². The van der Waals surface area contributed by atoms with Crippen LogP contribution < -0.4 is 10.6 Å². The summed E-state index contributed by atoms with van der Waals surface area (Å²) < 4.78 is 0. The number of aryl methyl sites for hydroxylation is 2. The maximum atomic E-state index is 6.20. The number of halogens is 1. The van der Waals surface area contributed by atoms with Gasteiger partial charge in [0.15, 0.2) is 0 Å². The van der Waals surface area contributed by atoms with Gasteiger partial charge in [-0.2, -0.15) is 4.98 Å². The molecule has 0 bridgehead atoms. The largest absolute Gasteiger partial charge is 0.351 e. The summed E-state index contributed by atoms with van der Waals surface area (Å²) in [5.41, 5.74) is 5.21. The predicted octanol–water partition coefficient (Wildman–Crippen LogP) is 6.90. The topological polar surface area (TPSA) is 49.8 Å². The molecule has 1 aliphatic carbocycles. The van der Waals surface area contributed by atoms with Crippen molar-refractivity contribution in [2.24, 2.45) is 0 Å². The van der Waals surface area contributed by atoms with E-state index in [-0.39, 0.29) is 0 Å². The number of nitrogens with one attached hydrogen (secondary N) is 2. The van der Waals surface area contributed by atoms with E-state index in [4.69, 9.17) is 21.6 Å². The fraction of sp³-hybridized carbons (Fsp3) is 0.333. The summed E-state index contributed by atoms with van der Waals surface area (Å²) >= 11 is 6.20. The lowest BCUT2D eigenvalue weighted by Crippen LogP contribution is -2.23. The molecule has 0 unspecified atom stereocenters. The van der Waals surface area contributed by atoms with Gasteiger partial charge in [0.05, 0.1) is 5.69 Å². The molecule has 1 saturated carbocycles. The van der Waals surface area contributed by atoms with Crippen LogP contribution in [0.5, 0.6) is 0 Å². The predicted molar refractivity (Wildman–Crippen MR) is 122 cm³/mol. The third-order valence-electron chi connectivity index (χ3n) is 5.48. The van der Waals surface area contributed by atoms with Crippen LogP contribution in [0.4, 0.5) is 17.5 Å². The average molecular weight is 407 g/mol. The molecule has 0 amide bonds. The van der Waals surface area contributed by atoms with E-state index in [0.29, 0.717) is 12.0 Å². The van der Waals surface area contributed by atoms with E-state index < -0.39 is 0 Å². The molecule has 5 heteroatoms. The lowest BCUT2D eigenvalue weighted by Gasteiger charge is -2.23. The Kier molecular flexibility index (Phi) is 6.00. The summed E-state index contributed by atoms with van der Waals surface area (Å²) in [6, 6.07) is 16.6. The van der Waals surface area contributed by atoms with Crippen molar-refractivity contribution >= 4 is 29.1 Å². The molecule has 4 rings (SSSR count). The van der Waals surface area contributed by atoms with Crippen molar-refractivity contribution in [3.8, 4) is 11.3 Å². The third-order valence-corrected chi connectivity index (χ3v) is 5.70. The van der Waals surface area contributed by atoms with Crippen molar-refractivity contribution in [3.05, 3.63) is 64.7 Å². The molecule has 0 spiro atoms. The summed E-state index contributed by atoms with van der Waals surface area (Å²) in [7, 11) is 0. The Morgan fingerprint density at radius 1 is 0.897 bits per heavy atom. The number of benzene rings is 2. The first-order chi connectivity index (χ1) is 14.1. The molecule has 3 aromatic rings. The second-order valence-corrected chi connectivity index (χ2v) is 8.28. The fourth-order valence-corrected chi connectivity index (χ4v) is 4.33. The minimum atomic E-state index is 0.446. The highest BCUT2D eigenvalue weighted by Crippen LogP contribution is 2.30. The standard InChI is InChI=1S/C24H27ClN4/c1-16-13-19(25)14-17(2)23(16)28-22-15-21(18-9-5-3-6-10-18)27-24(29-22)26-20-11-7-4-8-12-20/h3,5-6,9-10,13-15,20H,4,7-8,11-12H2,1-2H3,(H2,26,27,28,29). The van der Waals surface area contributed by atoms with Crippen LogP contribution in [0, 0.1) is 13.8 Å². The van der Waals surface area contributed by atoms with E-state index in [0.717, 1.165) is 38.9 Å². The highest BCUT2D eigenvalue weighted by Gasteiger charge is 2.16. The molecule has 0 aliphatic heterocycles. The molecule has 2 N–H and O–H groups in total. The van der Waals surface area contributed by atoms with Gasteiger partial charge >= 0.3 is 0 Å². The Hall–Kier alpha value is -2.59. The van der Waals surface area contributed by atoms with Gasteiger partial charge in [-0.05, 0) is 49.9 Å². The SMILES string of the molecule is Cc1cc(Cl)cc(C)c1Nc1cc(-c2ccccc2)nc(NC2CCCCC2)n1. The lowest BCUT2D eigenvalue weighted by molar-refractivity contribution is 0.461. The van der Waals surface area contributed by atoms with E-state index in [1.54, 1.807) is 0 Å². The second kappa shape index (κ2) is 8.83. The first-order valence-corrected chi connectivity index (χ1v) is 10.7. The maximum Gasteiger partial charge on any atom is 0.225 e. The molecule has 0 saturated heterocycles. The van der Waals surface area contributed by atoms with E-state index in [2.05, 4.69) is 36.6 Å². The molecular weight excluding hydrogens is 380 g/mol. The van der Waals surface area contributed by atoms with Gasteiger partial charge in [0, 0.05) is 28.4 Å². The summed E-state index contributed by atoms with van der Waals surface area (Å²) in [5.74, 6) is 1.47. The molecule has 4 nitrogen and oxygen atoms in total. The Morgan fingerprint density at radius 2 is 1.59 bits per heavy atom. The van der Waals surface area contributed by atoms with Gasteiger partial charge in [-0.1, -0.05) is 61.2 Å². The van der Waals surface area contributed by atoms with E-state index >= 15 is 0 Å². The van der Waals surface area contributed by atoms with Gasteiger partial charge in [0.25, 0.3) is 0 Å². The van der Waals surface area contributed by atoms with Crippen LogP contribution in [-0.4, -0.2) is 16.0 Å². The molecule has 1 fully saturated rings. The third kappa shape index (κ3) is 4.88. The lowest BCUT2D eigenvalue weighted by atomic mass is 9.96. The zero-order valence-electron chi connectivity index (χ0n) is 17.0. The first kappa shape index (κ1) is 19.7. The van der Waals surface area contributed by atoms with Crippen LogP contribution in [0.15, 0.2) is 48.5 Å². The van der Waals surface area contributed by atoms with Gasteiger partial charge in [0.1, 0.15) is 5.82 Å². The first-order valence-electron chi connectivity index (χ1n) is 10.3. The molecule has 1 aliphatic rings. The molecule has 0 radical (unpaired) electrons. The van der Waals surface area contributed by atoms with Crippen LogP contribution in [0.1, 0.15) is 43.2 Å². The van der Waals surface area contributed by atoms with Crippen molar-refractivity contribution in [1.29, 1.82) is 0 Å². The fourth-order valence-electron chi connectivity index (χ4n) is 4.00. The summed E-state index contributed by atoms with van der Waals surface area (Å²) in [5, 5.41) is 7.83. The number of anilines is 3. The second-order valence-electron chi connectivity index (χ2n) is 7.85. The summed E-state index contributed by atoms with van der Waals surface area (Å²) in [4.78, 5) is 9.60. The van der Waals surface area contributed by atoms with E-state index in [1.807, 2.05) is 36.4 Å². The smallest absolute Gasteiger partial charge is 0.225 e. The summed E-state index contributed by atoms with van der Waals surface area (Å²) in [6.45, 7) is 4.11. The van der Waals surface area contributed by atoms with Gasteiger partial charge < -0.3 is 10.6 Å². The van der Waals surface area contributed by atoms with Gasteiger partial charge in [-0.25, -0.2) is 4.98 Å². The number of rotatable bonds is 5. The van der Waals surface area contributed by atoms with Crippen LogP contribution >= 0.6 is 11.6 Å². The quantitative estimate of drug-likeness (QED) is 0.483. The molecule has 1 heterocycles. The number of hydrogen-bond acceptors (Lipinski definition) is 4. The van der Waals surface area contributed by atoms with Crippen molar-refractivity contribution in [2.45, 2.75) is 52.0 Å². The van der Waals surface area contributed by atoms with Crippen LogP contribution in [0.25, 0.3) is 11.3 Å². The minimum Gasteiger partial charge on any atom is -0.351 e. The summed E-state index contributed by atoms with van der Waals surface area (Å²) in [6.07, 6.45) is 6.22. The van der Waals surface area contributed by atoms with Crippen LogP contribution in [-0.2, 0) is 0 Å². The van der Waals surface area contributed by atoms with Crippen molar-refractivity contribution < 1.29 is 0 Å². The van der Waals surface area contributed by atoms with Crippen LogP contribution in [0.3, 0.4) is 0 Å². The molecule has 0 atom stereocenters. The maximum absolute atomic E-state index is 6.20. The minimum absolute atomic E-state index is 0.446. The Balaban J connectivity index is 1.69.